The molecule has 1 unspecified atom stereocenters. The van der Waals surface area contributed by atoms with Gasteiger partial charge in [0.25, 0.3) is 0 Å². The molecular weight excluding hydrogens is 378 g/mol. The van der Waals surface area contributed by atoms with Crippen LogP contribution in [0.4, 0.5) is 0 Å². The van der Waals surface area contributed by atoms with E-state index in [0.717, 1.165) is 6.42 Å². The normalized spacial score (nSPS) is 11.3. The van der Waals surface area contributed by atoms with Crippen molar-refractivity contribution in [3.63, 3.8) is 0 Å². The molecule has 0 aliphatic heterocycles. The summed E-state index contributed by atoms with van der Waals surface area (Å²) in [5, 5.41) is 15.7. The molecule has 27 heavy (non-hydrogen) atoms. The standard InChI is InChI=1S/C16H27N3O7S/c20-12-19-14(11-15(21)22)16(23)18-4-2-6-25-8-10-26-9-7-24-5-1-3-17-13-27/h12,14H,1-11H2,(H,18,23)(H,19,20)(H,21,22). The lowest BCUT2D eigenvalue weighted by atomic mass is 10.2. The number of carboxylic acids is 1. The van der Waals surface area contributed by atoms with E-state index < -0.39 is 24.3 Å². The van der Waals surface area contributed by atoms with E-state index in [-0.39, 0.29) is 0 Å². The molecule has 11 heteroatoms. The van der Waals surface area contributed by atoms with Gasteiger partial charge in [-0.05, 0) is 25.1 Å². The summed E-state index contributed by atoms with van der Waals surface area (Å²) in [4.78, 5) is 36.5. The molecule has 10 nitrogen and oxygen atoms in total. The van der Waals surface area contributed by atoms with Gasteiger partial charge in [0.05, 0.1) is 44.6 Å². The van der Waals surface area contributed by atoms with Crippen molar-refractivity contribution in [2.45, 2.75) is 25.3 Å². The van der Waals surface area contributed by atoms with Crippen LogP contribution in [0.15, 0.2) is 4.99 Å². The first-order valence-corrected chi connectivity index (χ1v) is 8.98. The van der Waals surface area contributed by atoms with Crippen LogP contribution in [-0.4, -0.2) is 87.3 Å². The van der Waals surface area contributed by atoms with Crippen molar-refractivity contribution in [3.8, 4) is 0 Å². The SMILES string of the molecule is O=CNC(CC(=O)O)C(=O)NCCCOCCOCCOCCCN=C=S. The van der Waals surface area contributed by atoms with Crippen LogP contribution in [0.1, 0.15) is 19.3 Å². The molecule has 3 N–H and O–H groups in total. The van der Waals surface area contributed by atoms with E-state index in [1.165, 1.54) is 0 Å². The van der Waals surface area contributed by atoms with Crippen molar-refractivity contribution >= 4 is 35.7 Å². The lowest BCUT2D eigenvalue weighted by Crippen LogP contribution is -2.45. The van der Waals surface area contributed by atoms with Crippen molar-refractivity contribution in [2.24, 2.45) is 4.99 Å². The van der Waals surface area contributed by atoms with Gasteiger partial charge in [-0.2, -0.15) is 0 Å². The second kappa shape index (κ2) is 18.9. The zero-order chi connectivity index (χ0) is 20.2. The number of nitrogens with zero attached hydrogens (tertiary/aromatic N) is 1. The molecule has 1 atom stereocenters. The Balaban J connectivity index is 3.43. The number of hydrogen-bond acceptors (Lipinski definition) is 8. The predicted octanol–water partition coefficient (Wildman–Crippen LogP) is -0.375. The monoisotopic (exact) mass is 405 g/mol. The van der Waals surface area contributed by atoms with Gasteiger partial charge in [0.1, 0.15) is 6.04 Å². The van der Waals surface area contributed by atoms with Crippen LogP contribution in [0.2, 0.25) is 0 Å². The van der Waals surface area contributed by atoms with Crippen molar-refractivity contribution in [3.05, 3.63) is 0 Å². The van der Waals surface area contributed by atoms with Crippen LogP contribution in [0.3, 0.4) is 0 Å². The van der Waals surface area contributed by atoms with Crippen LogP contribution in [-0.2, 0) is 28.6 Å². The third-order valence-electron chi connectivity index (χ3n) is 3.10. The van der Waals surface area contributed by atoms with Crippen LogP contribution in [0.5, 0.6) is 0 Å². The first kappa shape index (κ1) is 25.1. The molecule has 0 bridgehead atoms. The minimum atomic E-state index is -1.17. The molecule has 0 saturated heterocycles. The van der Waals surface area contributed by atoms with Crippen molar-refractivity contribution in [2.75, 3.05) is 52.7 Å². The highest BCUT2D eigenvalue weighted by Gasteiger charge is 2.20. The molecule has 0 saturated carbocycles. The quantitative estimate of drug-likeness (QED) is 0.115. The zero-order valence-corrected chi connectivity index (χ0v) is 16.0. The number of nitrogens with one attached hydrogen (secondary N) is 2. The van der Waals surface area contributed by atoms with Gasteiger partial charge in [-0.25, -0.2) is 4.99 Å². The molecule has 0 aromatic carbocycles. The Morgan fingerprint density at radius 2 is 1.67 bits per heavy atom. The molecule has 0 aliphatic rings. The molecule has 0 spiro atoms. The largest absolute Gasteiger partial charge is 0.481 e. The summed E-state index contributed by atoms with van der Waals surface area (Å²) >= 11 is 4.45. The van der Waals surface area contributed by atoms with E-state index in [2.05, 4.69) is 33.0 Å². The van der Waals surface area contributed by atoms with Crippen LogP contribution in [0.25, 0.3) is 0 Å². The fourth-order valence-electron chi connectivity index (χ4n) is 1.83. The first-order valence-electron chi connectivity index (χ1n) is 8.57. The van der Waals surface area contributed by atoms with E-state index in [0.29, 0.717) is 65.6 Å². The third kappa shape index (κ3) is 17.3. The number of thiocarbonyl (C=S) groups is 1. The molecular formula is C16H27N3O7S. The Labute approximate surface area is 163 Å². The van der Waals surface area contributed by atoms with Gasteiger partial charge in [0.2, 0.25) is 12.3 Å². The lowest BCUT2D eigenvalue weighted by Gasteiger charge is -2.13. The Kier molecular flexibility index (Phi) is 17.5. The minimum absolute atomic E-state index is 0.303. The lowest BCUT2D eigenvalue weighted by molar-refractivity contribution is -0.140. The van der Waals surface area contributed by atoms with Gasteiger partial charge >= 0.3 is 5.97 Å². The Morgan fingerprint density at radius 3 is 2.22 bits per heavy atom. The van der Waals surface area contributed by atoms with Crippen molar-refractivity contribution in [1.29, 1.82) is 0 Å². The van der Waals surface area contributed by atoms with E-state index in [9.17, 15) is 14.4 Å². The number of carbonyl (C=O) groups is 3. The van der Waals surface area contributed by atoms with Crippen LogP contribution < -0.4 is 10.6 Å². The number of rotatable bonds is 19. The molecule has 0 aromatic heterocycles. The average Bonchev–Trinajstić information content (AvgIpc) is 2.64. The van der Waals surface area contributed by atoms with Gasteiger partial charge in [-0.15, -0.1) is 0 Å². The van der Waals surface area contributed by atoms with Crippen LogP contribution >= 0.6 is 12.2 Å². The van der Waals surface area contributed by atoms with Gasteiger partial charge in [-0.1, -0.05) is 0 Å². The molecule has 2 amide bonds. The smallest absolute Gasteiger partial charge is 0.305 e. The van der Waals surface area contributed by atoms with Gasteiger partial charge in [0, 0.05) is 19.8 Å². The molecule has 0 radical (unpaired) electrons. The molecule has 0 fully saturated rings. The van der Waals surface area contributed by atoms with Gasteiger partial charge < -0.3 is 30.0 Å². The highest BCUT2D eigenvalue weighted by Crippen LogP contribution is 1.92. The number of aliphatic imine (C=N–C) groups is 1. The second-order valence-electron chi connectivity index (χ2n) is 5.24. The zero-order valence-electron chi connectivity index (χ0n) is 15.2. The first-order chi connectivity index (χ1) is 13.1. The summed E-state index contributed by atoms with van der Waals surface area (Å²) in [7, 11) is 0. The number of carboxylic acid groups (broad SMARTS) is 1. The number of ether oxygens (including phenoxy) is 3. The van der Waals surface area contributed by atoms with Crippen LogP contribution in [0, 0.1) is 0 Å². The number of carbonyl (C=O) groups excluding carboxylic acids is 2. The maximum absolute atomic E-state index is 11.7. The second-order valence-corrected chi connectivity index (χ2v) is 5.43. The van der Waals surface area contributed by atoms with E-state index >= 15 is 0 Å². The summed E-state index contributed by atoms with van der Waals surface area (Å²) < 4.78 is 16.0. The van der Waals surface area contributed by atoms with Crippen molar-refractivity contribution < 1.29 is 33.7 Å². The maximum atomic E-state index is 11.7. The van der Waals surface area contributed by atoms with Crippen molar-refractivity contribution in [1.82, 2.24) is 10.6 Å². The number of isothiocyanates is 1. The number of hydrogen-bond donors (Lipinski definition) is 3. The molecule has 0 aliphatic carbocycles. The fraction of sp³-hybridized carbons (Fsp3) is 0.750. The number of amides is 2. The summed E-state index contributed by atoms with van der Waals surface area (Å²) in [5.74, 6) is -1.71. The summed E-state index contributed by atoms with van der Waals surface area (Å²) in [6, 6.07) is -1.08. The van der Waals surface area contributed by atoms with Gasteiger partial charge in [-0.3, -0.25) is 14.4 Å². The Hall–Kier alpha value is -1.91. The summed E-state index contributed by atoms with van der Waals surface area (Å²) in [6.45, 7) is 3.79. The molecule has 0 aromatic rings. The fourth-order valence-corrected chi connectivity index (χ4v) is 1.92. The molecule has 0 heterocycles. The van der Waals surface area contributed by atoms with E-state index in [1.54, 1.807) is 0 Å². The topological polar surface area (TPSA) is 136 Å². The maximum Gasteiger partial charge on any atom is 0.305 e. The van der Waals surface area contributed by atoms with E-state index in [1.807, 2.05) is 0 Å². The number of aliphatic carboxylic acids is 1. The Bertz CT molecular complexity index is 473. The average molecular weight is 405 g/mol. The summed E-state index contributed by atoms with van der Waals surface area (Å²) in [6.07, 6.45) is 1.19. The minimum Gasteiger partial charge on any atom is -0.481 e. The predicted molar refractivity (Wildman–Crippen MR) is 99.8 cm³/mol. The molecule has 0 rings (SSSR count). The third-order valence-corrected chi connectivity index (χ3v) is 3.23. The van der Waals surface area contributed by atoms with E-state index in [4.69, 9.17) is 19.3 Å². The Morgan fingerprint density at radius 1 is 1.07 bits per heavy atom. The molecule has 154 valence electrons. The van der Waals surface area contributed by atoms with Gasteiger partial charge in [0.15, 0.2) is 0 Å². The summed E-state index contributed by atoms with van der Waals surface area (Å²) in [5.41, 5.74) is 0. The highest BCUT2D eigenvalue weighted by molar-refractivity contribution is 7.78. The highest BCUT2D eigenvalue weighted by atomic mass is 32.1.